The van der Waals surface area contributed by atoms with Crippen LogP contribution in [0, 0.1) is 0 Å². The van der Waals surface area contributed by atoms with Gasteiger partial charge in [0.15, 0.2) is 16.6 Å². The van der Waals surface area contributed by atoms with E-state index in [2.05, 4.69) is 11.9 Å². The summed E-state index contributed by atoms with van der Waals surface area (Å²) >= 11 is 1.43. The number of carbonyl (C=O) groups is 1. The van der Waals surface area contributed by atoms with Gasteiger partial charge in [-0.3, -0.25) is 14.7 Å². The van der Waals surface area contributed by atoms with Crippen molar-refractivity contribution in [2.45, 2.75) is 32.7 Å². The number of nitrogens with zero attached hydrogens (tertiary/aromatic N) is 3. The van der Waals surface area contributed by atoms with Crippen LogP contribution in [0.5, 0.6) is 17.2 Å². The van der Waals surface area contributed by atoms with E-state index in [1.54, 1.807) is 43.6 Å². The number of thiazole rings is 1. The molecule has 8 heteroatoms. The minimum Gasteiger partial charge on any atom is -0.494 e. The Hall–Kier alpha value is -3.65. The Labute approximate surface area is 209 Å². The topological polar surface area (TPSA) is 73.8 Å². The van der Waals surface area contributed by atoms with Gasteiger partial charge in [0.2, 0.25) is 0 Å². The highest BCUT2D eigenvalue weighted by Crippen LogP contribution is 2.38. The van der Waals surface area contributed by atoms with E-state index < -0.39 is 0 Å². The summed E-state index contributed by atoms with van der Waals surface area (Å²) in [5.74, 6) is 1.83. The Balaban J connectivity index is 1.63. The molecule has 0 atom stereocenters. The molecule has 0 bridgehead atoms. The van der Waals surface area contributed by atoms with Gasteiger partial charge in [0.05, 0.1) is 37.6 Å². The van der Waals surface area contributed by atoms with Crippen LogP contribution in [0.2, 0.25) is 0 Å². The molecule has 2 heterocycles. The lowest BCUT2D eigenvalue weighted by molar-refractivity contribution is 0.0985. The molecular formula is C27H29N3O4S. The summed E-state index contributed by atoms with van der Waals surface area (Å²) in [7, 11) is 3.19. The average Bonchev–Trinajstić information content (AvgIpc) is 3.32. The molecule has 0 unspecified atom stereocenters. The smallest absolute Gasteiger partial charge is 0.260 e. The Bertz CT molecular complexity index is 1220. The minimum atomic E-state index is -0.149. The molecule has 0 aliphatic carbocycles. The number of aromatic nitrogens is 2. The van der Waals surface area contributed by atoms with E-state index in [-0.39, 0.29) is 5.91 Å². The largest absolute Gasteiger partial charge is 0.494 e. The third kappa shape index (κ3) is 5.89. The van der Waals surface area contributed by atoms with Crippen molar-refractivity contribution in [2.24, 2.45) is 0 Å². The van der Waals surface area contributed by atoms with Gasteiger partial charge >= 0.3 is 0 Å². The Morgan fingerprint density at radius 1 is 1.03 bits per heavy atom. The molecule has 2 aromatic carbocycles. The van der Waals surface area contributed by atoms with Crippen molar-refractivity contribution in [1.29, 1.82) is 0 Å². The Morgan fingerprint density at radius 3 is 2.49 bits per heavy atom. The SMILES string of the molecule is CCCCCOc1ccc(C(=O)N(Cc2cccnc2)c2nc3cc(OC)c(OC)cc3s2)cc1. The maximum Gasteiger partial charge on any atom is 0.260 e. The molecule has 0 N–H and O–H groups in total. The van der Waals surface area contributed by atoms with Crippen LogP contribution in [0.1, 0.15) is 42.1 Å². The Morgan fingerprint density at radius 2 is 1.80 bits per heavy atom. The lowest BCUT2D eigenvalue weighted by Crippen LogP contribution is -2.30. The molecule has 0 spiro atoms. The van der Waals surface area contributed by atoms with Gasteiger partial charge in [0.1, 0.15) is 5.75 Å². The van der Waals surface area contributed by atoms with Crippen molar-refractivity contribution in [3.8, 4) is 17.2 Å². The van der Waals surface area contributed by atoms with E-state index in [1.807, 2.05) is 36.4 Å². The summed E-state index contributed by atoms with van der Waals surface area (Å²) in [6, 6.07) is 14.8. The molecule has 35 heavy (non-hydrogen) atoms. The quantitative estimate of drug-likeness (QED) is 0.235. The lowest BCUT2D eigenvalue weighted by atomic mass is 10.1. The zero-order valence-electron chi connectivity index (χ0n) is 20.2. The first kappa shape index (κ1) is 24.5. The molecule has 0 radical (unpaired) electrons. The van der Waals surface area contributed by atoms with E-state index in [9.17, 15) is 4.79 Å². The molecule has 7 nitrogen and oxygen atoms in total. The van der Waals surface area contributed by atoms with Gasteiger partial charge in [-0.1, -0.05) is 37.2 Å². The molecule has 0 saturated heterocycles. The first-order valence-corrected chi connectivity index (χ1v) is 12.4. The van der Waals surface area contributed by atoms with Crippen molar-refractivity contribution >= 4 is 32.6 Å². The van der Waals surface area contributed by atoms with E-state index >= 15 is 0 Å². The number of rotatable bonds is 11. The van der Waals surface area contributed by atoms with Crippen molar-refractivity contribution < 1.29 is 19.0 Å². The number of hydrogen-bond acceptors (Lipinski definition) is 7. The van der Waals surface area contributed by atoms with Gasteiger partial charge in [0, 0.05) is 30.1 Å². The number of fused-ring (bicyclic) bond motifs is 1. The van der Waals surface area contributed by atoms with E-state index in [1.165, 1.54) is 11.3 Å². The molecule has 4 rings (SSSR count). The van der Waals surface area contributed by atoms with Gasteiger partial charge in [-0.2, -0.15) is 0 Å². The van der Waals surface area contributed by atoms with Gasteiger partial charge < -0.3 is 14.2 Å². The summed E-state index contributed by atoms with van der Waals surface area (Å²) in [6.45, 7) is 3.18. The van der Waals surface area contributed by atoms with Crippen LogP contribution in [0.25, 0.3) is 10.2 Å². The molecule has 0 saturated carbocycles. The fraction of sp³-hybridized carbons (Fsp3) is 0.296. The molecule has 0 aliphatic rings. The van der Waals surface area contributed by atoms with Crippen LogP contribution >= 0.6 is 11.3 Å². The first-order chi connectivity index (χ1) is 17.1. The monoisotopic (exact) mass is 491 g/mol. The highest BCUT2D eigenvalue weighted by Gasteiger charge is 2.23. The number of anilines is 1. The predicted molar refractivity (Wildman–Crippen MR) is 139 cm³/mol. The number of amides is 1. The van der Waals surface area contributed by atoms with Crippen molar-refractivity contribution in [1.82, 2.24) is 9.97 Å². The van der Waals surface area contributed by atoms with Crippen LogP contribution in [0.15, 0.2) is 60.9 Å². The minimum absolute atomic E-state index is 0.149. The summed E-state index contributed by atoms with van der Waals surface area (Å²) < 4.78 is 17.6. The second-order valence-electron chi connectivity index (χ2n) is 8.00. The lowest BCUT2D eigenvalue weighted by Gasteiger charge is -2.20. The maximum absolute atomic E-state index is 13.7. The number of benzene rings is 2. The fourth-order valence-electron chi connectivity index (χ4n) is 3.65. The van der Waals surface area contributed by atoms with Crippen LogP contribution in [0.3, 0.4) is 0 Å². The highest BCUT2D eigenvalue weighted by atomic mass is 32.1. The van der Waals surface area contributed by atoms with Crippen LogP contribution in [-0.4, -0.2) is 36.7 Å². The zero-order chi connectivity index (χ0) is 24.6. The standard InChI is InChI=1S/C27H29N3O4S/c1-4-5-6-14-34-21-11-9-20(10-12-21)26(31)30(18-19-8-7-13-28-17-19)27-29-22-15-23(32-2)24(33-3)16-25(22)35-27/h7-13,15-17H,4-6,14,18H2,1-3H3. The van der Waals surface area contributed by atoms with E-state index in [0.717, 1.165) is 40.8 Å². The van der Waals surface area contributed by atoms with E-state index in [0.29, 0.717) is 35.3 Å². The van der Waals surface area contributed by atoms with Crippen LogP contribution in [0.4, 0.5) is 5.13 Å². The third-order valence-corrected chi connectivity index (χ3v) is 6.58. The molecular weight excluding hydrogens is 462 g/mol. The Kier molecular flexibility index (Phi) is 8.15. The summed E-state index contributed by atoms with van der Waals surface area (Å²) in [4.78, 5) is 24.3. The number of ether oxygens (including phenoxy) is 3. The van der Waals surface area contributed by atoms with Crippen LogP contribution in [-0.2, 0) is 6.54 Å². The summed E-state index contributed by atoms with van der Waals surface area (Å²) in [5.41, 5.74) is 2.21. The molecule has 182 valence electrons. The number of hydrogen-bond donors (Lipinski definition) is 0. The highest BCUT2D eigenvalue weighted by molar-refractivity contribution is 7.22. The van der Waals surface area contributed by atoms with Gasteiger partial charge in [-0.15, -0.1) is 0 Å². The first-order valence-electron chi connectivity index (χ1n) is 11.6. The normalized spacial score (nSPS) is 10.8. The second-order valence-corrected chi connectivity index (χ2v) is 9.01. The third-order valence-electron chi connectivity index (χ3n) is 5.54. The number of unbranched alkanes of at least 4 members (excludes halogenated alkanes) is 2. The second kappa shape index (κ2) is 11.7. The molecule has 2 aromatic heterocycles. The molecule has 0 aliphatic heterocycles. The van der Waals surface area contributed by atoms with E-state index in [4.69, 9.17) is 19.2 Å². The van der Waals surface area contributed by atoms with Crippen molar-refractivity contribution in [2.75, 3.05) is 25.7 Å². The molecule has 0 fully saturated rings. The van der Waals surface area contributed by atoms with Gasteiger partial charge in [0.25, 0.3) is 5.91 Å². The number of methoxy groups -OCH3 is 2. The summed E-state index contributed by atoms with van der Waals surface area (Å²) in [6.07, 6.45) is 6.77. The van der Waals surface area contributed by atoms with Crippen LogP contribution < -0.4 is 19.1 Å². The van der Waals surface area contributed by atoms with Gasteiger partial charge in [-0.25, -0.2) is 4.98 Å². The van der Waals surface area contributed by atoms with Crippen molar-refractivity contribution in [3.63, 3.8) is 0 Å². The summed E-state index contributed by atoms with van der Waals surface area (Å²) in [5, 5.41) is 0.587. The molecule has 4 aromatic rings. The fourth-order valence-corrected chi connectivity index (χ4v) is 4.62. The number of pyridine rings is 1. The number of carbonyl (C=O) groups excluding carboxylic acids is 1. The predicted octanol–water partition coefficient (Wildman–Crippen LogP) is 6.12. The molecule has 1 amide bonds. The average molecular weight is 492 g/mol. The zero-order valence-corrected chi connectivity index (χ0v) is 21.0. The maximum atomic E-state index is 13.7. The van der Waals surface area contributed by atoms with Gasteiger partial charge in [-0.05, 0) is 42.3 Å². The van der Waals surface area contributed by atoms with Crippen molar-refractivity contribution in [3.05, 3.63) is 72.1 Å².